The monoisotopic (exact) mass is 228 g/mol. The van der Waals surface area contributed by atoms with Crippen molar-refractivity contribution in [3.8, 4) is 0 Å². The molecule has 0 aliphatic heterocycles. The number of allylic oxidation sites excluding steroid dienone is 4. The van der Waals surface area contributed by atoms with Crippen molar-refractivity contribution in [2.75, 3.05) is 6.54 Å². The molecule has 0 aromatic heterocycles. The number of benzene rings is 1. The Hall–Kier alpha value is -1.80. The zero-order chi connectivity index (χ0) is 12.5. The predicted octanol–water partition coefficient (Wildman–Crippen LogP) is 3.05. The summed E-state index contributed by atoms with van der Waals surface area (Å²) in [4.78, 5) is 0. The van der Waals surface area contributed by atoms with Crippen molar-refractivity contribution in [3.63, 3.8) is 0 Å². The fraction of sp³-hybridized carbons (Fsp3) is 0.200. The molecule has 0 amide bonds. The molecule has 0 atom stereocenters. The van der Waals surface area contributed by atoms with Crippen LogP contribution in [0.5, 0.6) is 0 Å². The number of hydrogen-bond acceptors (Lipinski definition) is 2. The van der Waals surface area contributed by atoms with Gasteiger partial charge in [0.1, 0.15) is 0 Å². The van der Waals surface area contributed by atoms with Crippen LogP contribution in [0.25, 0.3) is 0 Å². The van der Waals surface area contributed by atoms with E-state index in [2.05, 4.69) is 18.7 Å². The summed E-state index contributed by atoms with van der Waals surface area (Å²) in [5.41, 5.74) is 2.22. The van der Waals surface area contributed by atoms with E-state index in [-0.39, 0.29) is 0 Å². The lowest BCUT2D eigenvalue weighted by Crippen LogP contribution is -2.31. The second kappa shape index (κ2) is 7.47. The van der Waals surface area contributed by atoms with E-state index in [9.17, 15) is 0 Å². The van der Waals surface area contributed by atoms with Gasteiger partial charge in [0.2, 0.25) is 0 Å². The molecule has 2 heteroatoms. The Morgan fingerprint density at radius 1 is 1.35 bits per heavy atom. The third-order valence-corrected chi connectivity index (χ3v) is 2.48. The molecule has 1 aromatic rings. The average molecular weight is 228 g/mol. The lowest BCUT2D eigenvalue weighted by molar-refractivity contribution is 0.375. The molecular weight excluding hydrogens is 208 g/mol. The Kier molecular flexibility index (Phi) is 5.83. The van der Waals surface area contributed by atoms with Crippen LogP contribution < -0.4 is 5.84 Å². The third-order valence-electron chi connectivity index (χ3n) is 2.48. The molecular formula is C15H20N2. The molecule has 0 bridgehead atoms. The van der Waals surface area contributed by atoms with Gasteiger partial charge < -0.3 is 5.01 Å². The van der Waals surface area contributed by atoms with Gasteiger partial charge in [-0.25, -0.2) is 5.84 Å². The van der Waals surface area contributed by atoms with E-state index < -0.39 is 0 Å². The Balaban J connectivity index is 2.54. The number of hydrogen-bond donors (Lipinski definition) is 1. The van der Waals surface area contributed by atoms with Gasteiger partial charge in [0.15, 0.2) is 0 Å². The third kappa shape index (κ3) is 4.70. The highest BCUT2D eigenvalue weighted by molar-refractivity contribution is 5.21. The van der Waals surface area contributed by atoms with Crippen molar-refractivity contribution in [2.24, 2.45) is 5.84 Å². The van der Waals surface area contributed by atoms with Crippen LogP contribution >= 0.6 is 0 Å². The van der Waals surface area contributed by atoms with Crippen LogP contribution in [0.4, 0.5) is 0 Å². The van der Waals surface area contributed by atoms with E-state index in [4.69, 9.17) is 5.84 Å². The summed E-state index contributed by atoms with van der Waals surface area (Å²) in [6.45, 7) is 6.52. The Bertz CT molecular complexity index is 391. The highest BCUT2D eigenvalue weighted by Gasteiger charge is 2.00. The summed E-state index contributed by atoms with van der Waals surface area (Å²) >= 11 is 0. The highest BCUT2D eigenvalue weighted by atomic mass is 15.4. The van der Waals surface area contributed by atoms with Gasteiger partial charge in [0.25, 0.3) is 0 Å². The summed E-state index contributed by atoms with van der Waals surface area (Å²) in [6.07, 6.45) is 8.58. The van der Waals surface area contributed by atoms with Gasteiger partial charge in [-0.15, -0.1) is 0 Å². The van der Waals surface area contributed by atoms with Gasteiger partial charge >= 0.3 is 0 Å². The van der Waals surface area contributed by atoms with Gasteiger partial charge in [-0.1, -0.05) is 49.1 Å². The van der Waals surface area contributed by atoms with Crippen LogP contribution in [-0.2, 0) is 6.42 Å². The maximum absolute atomic E-state index is 5.98. The number of nitrogens with zero attached hydrogens (tertiary/aromatic N) is 1. The van der Waals surface area contributed by atoms with Crippen LogP contribution in [-0.4, -0.2) is 11.6 Å². The van der Waals surface area contributed by atoms with Crippen LogP contribution in [0.1, 0.15) is 12.5 Å². The van der Waals surface area contributed by atoms with Crippen molar-refractivity contribution in [2.45, 2.75) is 13.3 Å². The summed E-state index contributed by atoms with van der Waals surface area (Å²) in [6, 6.07) is 10.3. The first-order valence-electron chi connectivity index (χ1n) is 5.79. The average Bonchev–Trinajstić information content (AvgIpc) is 2.38. The molecule has 0 saturated heterocycles. The van der Waals surface area contributed by atoms with Gasteiger partial charge in [0.05, 0.1) is 5.70 Å². The Labute approximate surface area is 104 Å². The van der Waals surface area contributed by atoms with E-state index in [1.165, 1.54) is 5.56 Å². The van der Waals surface area contributed by atoms with E-state index >= 15 is 0 Å². The summed E-state index contributed by atoms with van der Waals surface area (Å²) in [5.74, 6) is 5.98. The van der Waals surface area contributed by atoms with Gasteiger partial charge in [-0.3, -0.25) is 0 Å². The minimum absolute atomic E-state index is 0.777. The molecule has 0 radical (unpaired) electrons. The van der Waals surface area contributed by atoms with Crippen molar-refractivity contribution in [1.29, 1.82) is 0 Å². The minimum Gasteiger partial charge on any atom is -0.311 e. The van der Waals surface area contributed by atoms with Crippen LogP contribution in [0.3, 0.4) is 0 Å². The van der Waals surface area contributed by atoms with Crippen molar-refractivity contribution < 1.29 is 0 Å². The van der Waals surface area contributed by atoms with Crippen molar-refractivity contribution in [3.05, 3.63) is 72.5 Å². The van der Waals surface area contributed by atoms with E-state index in [1.807, 2.05) is 43.4 Å². The lowest BCUT2D eigenvalue weighted by atomic mass is 10.1. The molecule has 2 nitrogen and oxygen atoms in total. The van der Waals surface area contributed by atoms with Crippen LogP contribution in [0, 0.1) is 0 Å². The van der Waals surface area contributed by atoms with Gasteiger partial charge in [-0.2, -0.15) is 0 Å². The highest BCUT2D eigenvalue weighted by Crippen LogP contribution is 2.05. The number of nitrogens with two attached hydrogens (primary N) is 1. The zero-order valence-corrected chi connectivity index (χ0v) is 10.3. The molecule has 0 heterocycles. The molecule has 17 heavy (non-hydrogen) atoms. The minimum atomic E-state index is 0.777. The first-order valence-corrected chi connectivity index (χ1v) is 5.79. The molecule has 0 aliphatic rings. The van der Waals surface area contributed by atoms with E-state index in [0.29, 0.717) is 0 Å². The van der Waals surface area contributed by atoms with Crippen molar-refractivity contribution in [1.82, 2.24) is 5.01 Å². The topological polar surface area (TPSA) is 29.3 Å². The molecule has 1 rings (SSSR count). The molecule has 90 valence electrons. The molecule has 0 spiro atoms. The number of rotatable bonds is 6. The molecule has 2 N–H and O–H groups in total. The van der Waals surface area contributed by atoms with E-state index in [0.717, 1.165) is 18.7 Å². The second-order valence-electron chi connectivity index (χ2n) is 3.75. The van der Waals surface area contributed by atoms with Crippen molar-refractivity contribution >= 4 is 0 Å². The second-order valence-corrected chi connectivity index (χ2v) is 3.75. The van der Waals surface area contributed by atoms with E-state index in [1.54, 1.807) is 11.1 Å². The van der Waals surface area contributed by atoms with Crippen LogP contribution in [0.2, 0.25) is 0 Å². The van der Waals surface area contributed by atoms with Gasteiger partial charge in [-0.05, 0) is 31.1 Å². The largest absolute Gasteiger partial charge is 0.311 e. The predicted molar refractivity (Wildman–Crippen MR) is 74.1 cm³/mol. The maximum atomic E-state index is 5.98. The number of hydrazine groups is 1. The Morgan fingerprint density at radius 3 is 2.65 bits per heavy atom. The fourth-order valence-corrected chi connectivity index (χ4v) is 1.50. The summed E-state index contributed by atoms with van der Waals surface area (Å²) in [7, 11) is 0. The first kappa shape index (κ1) is 13.3. The fourth-order valence-electron chi connectivity index (χ4n) is 1.50. The normalized spacial score (nSPS) is 11.8. The van der Waals surface area contributed by atoms with Gasteiger partial charge in [0, 0.05) is 6.54 Å². The summed E-state index contributed by atoms with van der Waals surface area (Å²) < 4.78 is 0. The molecule has 0 saturated carbocycles. The molecule has 0 fully saturated rings. The smallest absolute Gasteiger partial charge is 0.0511 e. The quantitative estimate of drug-likeness (QED) is 0.460. The SMILES string of the molecule is C=C/C(=C\C=C/C)N(N)CCc1ccccc1. The molecule has 1 aromatic carbocycles. The van der Waals surface area contributed by atoms with Crippen LogP contribution in [0.15, 0.2) is 66.9 Å². The zero-order valence-electron chi connectivity index (χ0n) is 10.3. The lowest BCUT2D eigenvalue weighted by Gasteiger charge is -2.19. The first-order chi connectivity index (χ1) is 8.27. The molecule has 0 aliphatic carbocycles. The summed E-state index contributed by atoms with van der Waals surface area (Å²) in [5, 5.41) is 1.72. The standard InChI is InChI=1S/C15H20N2/c1-3-5-11-15(4-2)17(16)13-12-14-9-7-6-8-10-14/h3-11H,2,12-13,16H2,1H3/b5-3-,15-11+. The molecule has 0 unspecified atom stereocenters. The Morgan fingerprint density at radius 2 is 2.06 bits per heavy atom. The maximum Gasteiger partial charge on any atom is 0.0511 e.